The van der Waals surface area contributed by atoms with Crippen LogP contribution in [0.2, 0.25) is 5.02 Å². The molecule has 0 spiro atoms. The Balaban J connectivity index is 1.95. The summed E-state index contributed by atoms with van der Waals surface area (Å²) < 4.78 is 10.6. The SMILES string of the molecule is COc1ccc(OC[C@H](C)NC(=O)c2cc([N+](=O)[O-])ccc2Cl)cc1. The van der Waals surface area contributed by atoms with Crippen LogP contribution in [0, 0.1) is 10.1 Å². The zero-order valence-electron chi connectivity index (χ0n) is 13.7. The van der Waals surface area contributed by atoms with Gasteiger partial charge in [0.2, 0.25) is 0 Å². The lowest BCUT2D eigenvalue weighted by Crippen LogP contribution is -2.36. The molecule has 2 rings (SSSR count). The van der Waals surface area contributed by atoms with E-state index in [4.69, 9.17) is 21.1 Å². The van der Waals surface area contributed by atoms with Crippen LogP contribution in [0.5, 0.6) is 11.5 Å². The molecule has 0 aliphatic rings. The first-order valence-electron chi connectivity index (χ1n) is 7.42. The van der Waals surface area contributed by atoms with Gasteiger partial charge < -0.3 is 14.8 Å². The van der Waals surface area contributed by atoms with Crippen LogP contribution in [-0.4, -0.2) is 30.6 Å². The van der Waals surface area contributed by atoms with Gasteiger partial charge >= 0.3 is 0 Å². The van der Waals surface area contributed by atoms with Crippen LogP contribution in [0.25, 0.3) is 0 Å². The molecule has 0 saturated heterocycles. The smallest absolute Gasteiger partial charge is 0.270 e. The summed E-state index contributed by atoms with van der Waals surface area (Å²) in [4.78, 5) is 22.5. The first-order valence-corrected chi connectivity index (χ1v) is 7.80. The predicted molar refractivity (Wildman–Crippen MR) is 93.5 cm³/mol. The highest BCUT2D eigenvalue weighted by atomic mass is 35.5. The molecule has 0 aromatic heterocycles. The largest absolute Gasteiger partial charge is 0.497 e. The molecular formula is C17H17ClN2O5. The number of hydrogen-bond donors (Lipinski definition) is 1. The summed E-state index contributed by atoms with van der Waals surface area (Å²) in [5, 5.41) is 13.7. The number of non-ortho nitro benzene ring substituents is 1. The molecule has 2 aromatic rings. The maximum Gasteiger partial charge on any atom is 0.270 e. The summed E-state index contributed by atoms with van der Waals surface area (Å²) in [6, 6.07) is 10.4. The fourth-order valence-electron chi connectivity index (χ4n) is 2.04. The van der Waals surface area contributed by atoms with Crippen LogP contribution in [0.15, 0.2) is 42.5 Å². The maximum absolute atomic E-state index is 12.3. The van der Waals surface area contributed by atoms with E-state index >= 15 is 0 Å². The number of ether oxygens (including phenoxy) is 2. The summed E-state index contributed by atoms with van der Waals surface area (Å²) >= 11 is 5.95. The fourth-order valence-corrected chi connectivity index (χ4v) is 2.24. The summed E-state index contributed by atoms with van der Waals surface area (Å²) in [6.07, 6.45) is 0. The van der Waals surface area contributed by atoms with E-state index < -0.39 is 10.8 Å². The molecule has 0 aliphatic heterocycles. The molecule has 0 radical (unpaired) electrons. The Morgan fingerprint density at radius 3 is 2.48 bits per heavy atom. The quantitative estimate of drug-likeness (QED) is 0.600. The molecular weight excluding hydrogens is 348 g/mol. The Bertz CT molecular complexity index is 764. The molecule has 0 bridgehead atoms. The second-order valence-corrected chi connectivity index (χ2v) is 5.69. The van der Waals surface area contributed by atoms with Crippen LogP contribution < -0.4 is 14.8 Å². The van der Waals surface area contributed by atoms with E-state index in [1.807, 2.05) is 0 Å². The molecule has 1 amide bonds. The normalized spacial score (nSPS) is 11.5. The van der Waals surface area contributed by atoms with Crippen LogP contribution in [0.3, 0.4) is 0 Å². The van der Waals surface area contributed by atoms with Crippen molar-refractivity contribution in [3.05, 3.63) is 63.2 Å². The van der Waals surface area contributed by atoms with Gasteiger partial charge in [-0.25, -0.2) is 0 Å². The van der Waals surface area contributed by atoms with Crippen LogP contribution in [-0.2, 0) is 0 Å². The second-order valence-electron chi connectivity index (χ2n) is 5.28. The zero-order valence-corrected chi connectivity index (χ0v) is 14.4. The molecule has 132 valence electrons. The maximum atomic E-state index is 12.3. The number of halogens is 1. The van der Waals surface area contributed by atoms with Gasteiger partial charge in [0.25, 0.3) is 11.6 Å². The van der Waals surface area contributed by atoms with Crippen molar-refractivity contribution in [2.24, 2.45) is 0 Å². The van der Waals surface area contributed by atoms with Gasteiger partial charge in [0.1, 0.15) is 18.1 Å². The minimum Gasteiger partial charge on any atom is -0.497 e. The third-order valence-electron chi connectivity index (χ3n) is 3.34. The minimum absolute atomic E-state index is 0.0483. The van der Waals surface area contributed by atoms with Crippen molar-refractivity contribution in [3.63, 3.8) is 0 Å². The van der Waals surface area contributed by atoms with Crippen LogP contribution in [0.4, 0.5) is 5.69 Å². The predicted octanol–water partition coefficient (Wildman–Crippen LogP) is 3.45. The number of carbonyl (C=O) groups excluding carboxylic acids is 1. The number of rotatable bonds is 7. The van der Waals surface area contributed by atoms with Crippen molar-refractivity contribution in [2.75, 3.05) is 13.7 Å². The average molecular weight is 365 g/mol. The number of amides is 1. The van der Waals surface area contributed by atoms with Crippen LogP contribution >= 0.6 is 11.6 Å². The Morgan fingerprint density at radius 1 is 1.24 bits per heavy atom. The van der Waals surface area contributed by atoms with Gasteiger partial charge in [-0.2, -0.15) is 0 Å². The number of carbonyl (C=O) groups is 1. The number of nitro groups is 1. The van der Waals surface area contributed by atoms with Crippen molar-refractivity contribution < 1.29 is 19.2 Å². The molecule has 2 aromatic carbocycles. The molecule has 0 unspecified atom stereocenters. The number of nitrogens with zero attached hydrogens (tertiary/aromatic N) is 1. The van der Waals surface area contributed by atoms with Crippen molar-refractivity contribution >= 4 is 23.2 Å². The minimum atomic E-state index is -0.580. The zero-order chi connectivity index (χ0) is 18.4. The first kappa shape index (κ1) is 18.5. The molecule has 0 fully saturated rings. The highest BCUT2D eigenvalue weighted by Crippen LogP contribution is 2.22. The highest BCUT2D eigenvalue weighted by molar-refractivity contribution is 6.33. The average Bonchev–Trinajstić information content (AvgIpc) is 2.60. The number of benzene rings is 2. The fraction of sp³-hybridized carbons (Fsp3) is 0.235. The molecule has 7 nitrogen and oxygen atoms in total. The van der Waals surface area contributed by atoms with Crippen molar-refractivity contribution in [1.82, 2.24) is 5.32 Å². The Morgan fingerprint density at radius 2 is 1.88 bits per heavy atom. The Kier molecular flexibility index (Phi) is 6.19. The standard InChI is InChI=1S/C17H17ClN2O5/c1-11(10-25-14-6-4-13(24-2)5-7-14)19-17(21)15-9-12(20(22)23)3-8-16(15)18/h3-9,11H,10H2,1-2H3,(H,19,21)/t11-/m0/s1. The lowest BCUT2D eigenvalue weighted by Gasteiger charge is -2.15. The molecule has 1 atom stereocenters. The van der Waals surface area contributed by atoms with E-state index in [2.05, 4.69) is 5.32 Å². The molecule has 25 heavy (non-hydrogen) atoms. The number of nitro benzene ring substituents is 1. The number of hydrogen-bond acceptors (Lipinski definition) is 5. The van der Waals surface area contributed by atoms with Crippen molar-refractivity contribution in [3.8, 4) is 11.5 Å². The van der Waals surface area contributed by atoms with E-state index in [0.717, 1.165) is 6.07 Å². The summed E-state index contributed by atoms with van der Waals surface area (Å²) in [7, 11) is 1.58. The molecule has 1 N–H and O–H groups in total. The summed E-state index contributed by atoms with van der Waals surface area (Å²) in [5.41, 5.74) is -0.149. The molecule has 0 aliphatic carbocycles. The van der Waals surface area contributed by atoms with Crippen molar-refractivity contribution in [1.29, 1.82) is 0 Å². The molecule has 0 heterocycles. The topological polar surface area (TPSA) is 90.7 Å². The number of nitrogens with one attached hydrogen (secondary N) is 1. The highest BCUT2D eigenvalue weighted by Gasteiger charge is 2.17. The summed E-state index contributed by atoms with van der Waals surface area (Å²) in [5.74, 6) is 0.851. The Hall–Kier alpha value is -2.80. The number of methoxy groups -OCH3 is 1. The van der Waals surface area contributed by atoms with E-state index in [0.29, 0.717) is 11.5 Å². The summed E-state index contributed by atoms with van der Waals surface area (Å²) in [6.45, 7) is 1.98. The van der Waals surface area contributed by atoms with E-state index in [1.165, 1.54) is 12.1 Å². The third kappa shape index (κ3) is 5.09. The van der Waals surface area contributed by atoms with Gasteiger partial charge in [-0.3, -0.25) is 14.9 Å². The van der Waals surface area contributed by atoms with Gasteiger partial charge in [-0.05, 0) is 37.3 Å². The van der Waals surface area contributed by atoms with Crippen LogP contribution in [0.1, 0.15) is 17.3 Å². The van der Waals surface area contributed by atoms with Gasteiger partial charge in [0.05, 0.1) is 28.7 Å². The van der Waals surface area contributed by atoms with Gasteiger partial charge in [0, 0.05) is 12.1 Å². The van der Waals surface area contributed by atoms with Gasteiger partial charge in [-0.1, -0.05) is 11.6 Å². The van der Waals surface area contributed by atoms with E-state index in [-0.39, 0.29) is 28.9 Å². The van der Waals surface area contributed by atoms with Gasteiger partial charge in [-0.15, -0.1) is 0 Å². The Labute approximate surface area is 149 Å². The molecule has 0 saturated carbocycles. The van der Waals surface area contributed by atoms with Crippen molar-refractivity contribution in [2.45, 2.75) is 13.0 Å². The third-order valence-corrected chi connectivity index (χ3v) is 3.67. The first-order chi connectivity index (χ1) is 11.9. The lowest BCUT2D eigenvalue weighted by atomic mass is 10.1. The van der Waals surface area contributed by atoms with Gasteiger partial charge in [0.15, 0.2) is 0 Å². The second kappa shape index (κ2) is 8.34. The van der Waals surface area contributed by atoms with E-state index in [1.54, 1.807) is 38.3 Å². The molecule has 8 heteroatoms. The van der Waals surface area contributed by atoms with E-state index in [9.17, 15) is 14.9 Å². The monoisotopic (exact) mass is 364 g/mol. The lowest BCUT2D eigenvalue weighted by molar-refractivity contribution is -0.384.